The summed E-state index contributed by atoms with van der Waals surface area (Å²) in [5.41, 5.74) is 2.35. The average molecular weight is 477 g/mol. The van der Waals surface area contributed by atoms with Gasteiger partial charge in [0.1, 0.15) is 17.6 Å². The maximum atomic E-state index is 13.4. The van der Waals surface area contributed by atoms with Crippen molar-refractivity contribution in [2.24, 2.45) is 5.41 Å². The van der Waals surface area contributed by atoms with Gasteiger partial charge in [0, 0.05) is 19.0 Å². The van der Waals surface area contributed by atoms with Crippen LogP contribution in [0.3, 0.4) is 0 Å². The van der Waals surface area contributed by atoms with Crippen LogP contribution in [0.25, 0.3) is 11.1 Å². The Morgan fingerprint density at radius 1 is 1.09 bits per heavy atom. The van der Waals surface area contributed by atoms with E-state index in [1.165, 1.54) is 4.90 Å². The summed E-state index contributed by atoms with van der Waals surface area (Å²) in [5.74, 6) is -1.30. The molecule has 1 aliphatic heterocycles. The number of carbonyl (C=O) groups excluding carboxylic acids is 2. The minimum atomic E-state index is -1.15. The molecule has 1 heterocycles. The summed E-state index contributed by atoms with van der Waals surface area (Å²) in [6.45, 7) is 7.66. The van der Waals surface area contributed by atoms with Crippen LogP contribution < -0.4 is 5.32 Å². The molecule has 2 amide bonds. The van der Waals surface area contributed by atoms with Gasteiger partial charge in [0.2, 0.25) is 5.91 Å². The maximum Gasteiger partial charge on any atom is 0.408 e. The van der Waals surface area contributed by atoms with Crippen molar-refractivity contribution in [3.05, 3.63) is 72.3 Å². The normalized spacial score (nSPS) is 16.0. The molecule has 7 nitrogen and oxygen atoms in total. The molecule has 35 heavy (non-hydrogen) atoms. The number of carboxylic acids is 1. The van der Waals surface area contributed by atoms with Gasteiger partial charge in [-0.2, -0.15) is 0 Å². The van der Waals surface area contributed by atoms with Crippen molar-refractivity contribution >= 4 is 18.0 Å². The van der Waals surface area contributed by atoms with Crippen molar-refractivity contribution in [3.63, 3.8) is 0 Å². The van der Waals surface area contributed by atoms with E-state index in [1.807, 2.05) is 38.1 Å². The fraction of sp³-hybridized carbons (Fsp3) is 0.393. The van der Waals surface area contributed by atoms with E-state index in [9.17, 15) is 19.5 Å². The molecule has 0 radical (unpaired) electrons. The number of hydrogen-bond donors (Lipinski definition) is 2. The van der Waals surface area contributed by atoms with Gasteiger partial charge in [-0.3, -0.25) is 9.59 Å². The number of carboxylic acid groups (broad SMARTS) is 1. The van der Waals surface area contributed by atoms with Gasteiger partial charge in [0.15, 0.2) is 0 Å². The fourth-order valence-corrected chi connectivity index (χ4v) is 5.37. The van der Waals surface area contributed by atoms with Crippen LogP contribution in [0.15, 0.2) is 61.2 Å². The molecule has 0 spiro atoms. The third-order valence-electron chi connectivity index (χ3n) is 7.56. The molecular weight excluding hydrogens is 444 g/mol. The molecule has 0 aromatic heterocycles. The third-order valence-corrected chi connectivity index (χ3v) is 7.56. The molecule has 1 saturated heterocycles. The van der Waals surface area contributed by atoms with E-state index >= 15 is 0 Å². The molecule has 2 aromatic rings. The predicted octanol–water partition coefficient (Wildman–Crippen LogP) is 4.57. The zero-order chi connectivity index (χ0) is 25.2. The molecular formula is C28H32N2O5. The van der Waals surface area contributed by atoms with Crippen LogP contribution >= 0.6 is 0 Å². The van der Waals surface area contributed by atoms with Crippen LogP contribution in [-0.2, 0) is 14.3 Å². The number of ether oxygens (including phenoxy) is 1. The SMILES string of the molecule is C=CCC1(C(=O)O)CN(C(=O)C(CC)(CC)NC(=O)OCC2c3ccccc3-c3ccccc32)C1. The number of amides is 2. The van der Waals surface area contributed by atoms with E-state index in [0.29, 0.717) is 12.8 Å². The first kappa shape index (κ1) is 24.5. The molecule has 0 unspecified atom stereocenters. The predicted molar refractivity (Wildman–Crippen MR) is 133 cm³/mol. The molecule has 2 N–H and O–H groups in total. The maximum absolute atomic E-state index is 13.4. The van der Waals surface area contributed by atoms with E-state index in [-0.39, 0.29) is 37.9 Å². The number of nitrogens with one attached hydrogen (secondary N) is 1. The van der Waals surface area contributed by atoms with Crippen molar-refractivity contribution in [1.29, 1.82) is 0 Å². The van der Waals surface area contributed by atoms with Crippen molar-refractivity contribution < 1.29 is 24.2 Å². The van der Waals surface area contributed by atoms with Gasteiger partial charge >= 0.3 is 12.1 Å². The standard InChI is InChI=1S/C28H32N2O5/c1-4-15-27(25(32)33)17-30(18-27)24(31)28(5-2,6-3)29-26(34)35-16-23-21-13-9-7-11-19(21)20-12-8-10-14-22(20)23/h4,7-14,23H,1,5-6,15-18H2,2-3H3,(H,29,34)(H,32,33). The molecule has 1 aliphatic carbocycles. The summed E-state index contributed by atoms with van der Waals surface area (Å²) in [6, 6.07) is 16.2. The zero-order valence-electron chi connectivity index (χ0n) is 20.3. The van der Waals surface area contributed by atoms with Gasteiger partial charge in [-0.05, 0) is 41.5 Å². The Bertz CT molecular complexity index is 1100. The second-order valence-corrected chi connectivity index (χ2v) is 9.48. The first-order chi connectivity index (χ1) is 16.8. The number of rotatable bonds is 9. The Labute approximate surface area is 205 Å². The number of carbonyl (C=O) groups is 3. The Morgan fingerprint density at radius 2 is 1.63 bits per heavy atom. The molecule has 7 heteroatoms. The summed E-state index contributed by atoms with van der Waals surface area (Å²) < 4.78 is 5.67. The molecule has 2 aliphatic rings. The fourth-order valence-electron chi connectivity index (χ4n) is 5.37. The monoisotopic (exact) mass is 476 g/mol. The van der Waals surface area contributed by atoms with Gasteiger partial charge in [-0.1, -0.05) is 68.5 Å². The Balaban J connectivity index is 1.44. The largest absolute Gasteiger partial charge is 0.481 e. The van der Waals surface area contributed by atoms with Crippen molar-refractivity contribution in [1.82, 2.24) is 10.2 Å². The van der Waals surface area contributed by atoms with E-state index in [4.69, 9.17) is 4.74 Å². The smallest absolute Gasteiger partial charge is 0.408 e. The number of fused-ring (bicyclic) bond motifs is 3. The lowest BCUT2D eigenvalue weighted by atomic mass is 9.75. The minimum Gasteiger partial charge on any atom is -0.481 e. The number of allylic oxidation sites excluding steroid dienone is 1. The van der Waals surface area contributed by atoms with Gasteiger partial charge in [0.25, 0.3) is 0 Å². The van der Waals surface area contributed by atoms with E-state index < -0.39 is 23.0 Å². The van der Waals surface area contributed by atoms with Crippen LogP contribution in [0.2, 0.25) is 0 Å². The average Bonchev–Trinajstić information content (AvgIpc) is 3.16. The zero-order valence-corrected chi connectivity index (χ0v) is 20.3. The number of likely N-dealkylation sites (tertiary alicyclic amines) is 1. The number of hydrogen-bond acceptors (Lipinski definition) is 4. The molecule has 1 fully saturated rings. The van der Waals surface area contributed by atoms with Crippen LogP contribution in [0.4, 0.5) is 4.79 Å². The Kier molecular flexibility index (Phi) is 6.70. The number of aliphatic carboxylic acids is 1. The van der Waals surface area contributed by atoms with Crippen LogP contribution in [0.1, 0.15) is 50.2 Å². The highest BCUT2D eigenvalue weighted by Crippen LogP contribution is 2.44. The van der Waals surface area contributed by atoms with Crippen molar-refractivity contribution in [2.45, 2.75) is 44.6 Å². The van der Waals surface area contributed by atoms with E-state index in [2.05, 4.69) is 36.2 Å². The van der Waals surface area contributed by atoms with Gasteiger partial charge in [-0.15, -0.1) is 6.58 Å². The molecule has 0 saturated carbocycles. The molecule has 0 atom stereocenters. The Morgan fingerprint density at radius 3 is 2.11 bits per heavy atom. The number of alkyl carbamates (subject to hydrolysis) is 1. The summed E-state index contributed by atoms with van der Waals surface area (Å²) in [7, 11) is 0. The number of nitrogens with zero attached hydrogens (tertiary/aromatic N) is 1. The van der Waals surface area contributed by atoms with Gasteiger partial charge in [-0.25, -0.2) is 4.79 Å². The lowest BCUT2D eigenvalue weighted by Gasteiger charge is -2.50. The molecule has 2 aromatic carbocycles. The third kappa shape index (κ3) is 4.20. The van der Waals surface area contributed by atoms with Crippen LogP contribution in [-0.4, -0.2) is 53.2 Å². The topological polar surface area (TPSA) is 95.9 Å². The highest BCUT2D eigenvalue weighted by molar-refractivity contribution is 5.92. The summed E-state index contributed by atoms with van der Waals surface area (Å²) in [5, 5.41) is 12.4. The number of benzene rings is 2. The van der Waals surface area contributed by atoms with Gasteiger partial charge < -0.3 is 20.1 Å². The molecule has 0 bridgehead atoms. The lowest BCUT2D eigenvalue weighted by molar-refractivity contribution is -0.168. The molecule has 4 rings (SSSR count). The van der Waals surface area contributed by atoms with Crippen molar-refractivity contribution in [2.75, 3.05) is 19.7 Å². The quantitative estimate of drug-likeness (QED) is 0.517. The summed E-state index contributed by atoms with van der Waals surface area (Å²) in [6.07, 6.45) is 1.93. The highest BCUT2D eigenvalue weighted by Gasteiger charge is 2.54. The van der Waals surface area contributed by atoms with E-state index in [0.717, 1.165) is 22.3 Å². The second-order valence-electron chi connectivity index (χ2n) is 9.48. The van der Waals surface area contributed by atoms with Gasteiger partial charge in [0.05, 0.1) is 0 Å². The van der Waals surface area contributed by atoms with E-state index in [1.54, 1.807) is 6.08 Å². The van der Waals surface area contributed by atoms with Crippen LogP contribution in [0.5, 0.6) is 0 Å². The summed E-state index contributed by atoms with van der Waals surface area (Å²) in [4.78, 5) is 39.5. The molecule has 184 valence electrons. The first-order valence-corrected chi connectivity index (χ1v) is 12.1. The van der Waals surface area contributed by atoms with Crippen LogP contribution in [0, 0.1) is 5.41 Å². The minimum absolute atomic E-state index is 0.0769. The first-order valence-electron chi connectivity index (χ1n) is 12.1. The second kappa shape index (κ2) is 9.56. The lowest BCUT2D eigenvalue weighted by Crippen LogP contribution is -2.68. The van der Waals surface area contributed by atoms with Crippen molar-refractivity contribution in [3.8, 4) is 11.1 Å². The summed E-state index contributed by atoms with van der Waals surface area (Å²) >= 11 is 0. The Hall–Kier alpha value is -3.61. The highest BCUT2D eigenvalue weighted by atomic mass is 16.5.